The first kappa shape index (κ1) is 12.0. The Morgan fingerprint density at radius 3 is 3.00 bits per heavy atom. The lowest BCUT2D eigenvalue weighted by atomic mass is 10.2. The SMILES string of the molecule is Nc1ccc(F)cc1CSc1nnc2ccccn12. The zero-order chi connectivity index (χ0) is 13.2. The molecule has 0 saturated carbocycles. The van der Waals surface area contributed by atoms with Gasteiger partial charge in [-0.25, -0.2) is 4.39 Å². The highest BCUT2D eigenvalue weighted by Gasteiger charge is 2.07. The van der Waals surface area contributed by atoms with Crippen LogP contribution in [0.4, 0.5) is 10.1 Å². The number of hydrogen-bond acceptors (Lipinski definition) is 4. The van der Waals surface area contributed by atoms with Gasteiger partial charge in [-0.05, 0) is 35.9 Å². The summed E-state index contributed by atoms with van der Waals surface area (Å²) >= 11 is 1.48. The van der Waals surface area contributed by atoms with Gasteiger partial charge in [0.05, 0.1) is 0 Å². The molecule has 0 spiro atoms. The predicted molar refractivity (Wildman–Crippen MR) is 73.4 cm³/mol. The molecular formula is C13H11FN4S. The first-order valence-corrected chi connectivity index (χ1v) is 6.69. The number of nitrogen functional groups attached to an aromatic ring is 1. The van der Waals surface area contributed by atoms with Gasteiger partial charge < -0.3 is 5.73 Å². The summed E-state index contributed by atoms with van der Waals surface area (Å²) in [6.07, 6.45) is 1.90. The largest absolute Gasteiger partial charge is 0.398 e. The van der Waals surface area contributed by atoms with Crippen LogP contribution in [0.3, 0.4) is 0 Å². The standard InChI is InChI=1S/C13H11FN4S/c14-10-4-5-11(15)9(7-10)8-19-13-17-16-12-3-1-2-6-18(12)13/h1-7H,8,15H2. The third-order valence-electron chi connectivity index (χ3n) is 2.74. The molecule has 1 aromatic carbocycles. The maximum atomic E-state index is 13.2. The number of anilines is 1. The molecule has 0 unspecified atom stereocenters. The van der Waals surface area contributed by atoms with Crippen LogP contribution in [-0.4, -0.2) is 14.6 Å². The normalized spacial score (nSPS) is 11.0. The third-order valence-corrected chi connectivity index (χ3v) is 3.74. The molecule has 0 aliphatic heterocycles. The van der Waals surface area contributed by atoms with Gasteiger partial charge in [-0.3, -0.25) is 4.40 Å². The van der Waals surface area contributed by atoms with Gasteiger partial charge in [-0.15, -0.1) is 10.2 Å². The molecule has 3 rings (SSSR count). The molecule has 0 radical (unpaired) electrons. The molecule has 0 bridgehead atoms. The molecule has 19 heavy (non-hydrogen) atoms. The summed E-state index contributed by atoms with van der Waals surface area (Å²) in [6.45, 7) is 0. The molecule has 6 heteroatoms. The Bertz CT molecular complexity index is 725. The van der Waals surface area contributed by atoms with E-state index in [2.05, 4.69) is 10.2 Å². The van der Waals surface area contributed by atoms with E-state index in [1.54, 1.807) is 6.07 Å². The third kappa shape index (κ3) is 2.39. The van der Waals surface area contributed by atoms with Crippen molar-refractivity contribution in [3.63, 3.8) is 0 Å². The summed E-state index contributed by atoms with van der Waals surface area (Å²) in [7, 11) is 0. The van der Waals surface area contributed by atoms with Gasteiger partial charge in [-0.2, -0.15) is 0 Å². The van der Waals surface area contributed by atoms with Crippen molar-refractivity contribution >= 4 is 23.1 Å². The van der Waals surface area contributed by atoms with E-state index in [-0.39, 0.29) is 5.82 Å². The fourth-order valence-electron chi connectivity index (χ4n) is 1.76. The summed E-state index contributed by atoms with van der Waals surface area (Å²) in [4.78, 5) is 0. The quantitative estimate of drug-likeness (QED) is 0.589. The lowest BCUT2D eigenvalue weighted by molar-refractivity contribution is 0.627. The van der Waals surface area contributed by atoms with E-state index < -0.39 is 0 Å². The van der Waals surface area contributed by atoms with Crippen molar-refractivity contribution in [1.29, 1.82) is 0 Å². The minimum Gasteiger partial charge on any atom is -0.398 e. The van der Waals surface area contributed by atoms with E-state index in [0.717, 1.165) is 16.4 Å². The fraction of sp³-hybridized carbons (Fsp3) is 0.0769. The van der Waals surface area contributed by atoms with E-state index in [0.29, 0.717) is 11.4 Å². The molecule has 0 fully saturated rings. The molecular weight excluding hydrogens is 263 g/mol. The van der Waals surface area contributed by atoms with E-state index >= 15 is 0 Å². The first-order chi connectivity index (χ1) is 9.24. The number of rotatable bonds is 3. The molecule has 3 aromatic rings. The van der Waals surface area contributed by atoms with Crippen LogP contribution in [0.2, 0.25) is 0 Å². The summed E-state index contributed by atoms with van der Waals surface area (Å²) < 4.78 is 15.1. The lowest BCUT2D eigenvalue weighted by Gasteiger charge is -2.04. The van der Waals surface area contributed by atoms with Crippen LogP contribution in [0, 0.1) is 5.82 Å². The van der Waals surface area contributed by atoms with Crippen LogP contribution < -0.4 is 5.73 Å². The second-order valence-corrected chi connectivity index (χ2v) is 4.99. The Hall–Kier alpha value is -2.08. The number of nitrogens with zero attached hydrogens (tertiary/aromatic N) is 3. The van der Waals surface area contributed by atoms with Gasteiger partial charge in [0.25, 0.3) is 0 Å². The summed E-state index contributed by atoms with van der Waals surface area (Å²) in [5.74, 6) is 0.273. The molecule has 4 nitrogen and oxygen atoms in total. The van der Waals surface area contributed by atoms with Crippen LogP contribution in [0.5, 0.6) is 0 Å². The number of pyridine rings is 1. The van der Waals surface area contributed by atoms with Crippen LogP contribution in [-0.2, 0) is 5.75 Å². The van der Waals surface area contributed by atoms with Gasteiger partial charge in [0.15, 0.2) is 10.8 Å². The molecule has 2 heterocycles. The number of halogens is 1. The first-order valence-electron chi connectivity index (χ1n) is 5.70. The maximum absolute atomic E-state index is 13.2. The van der Waals surface area contributed by atoms with E-state index in [1.807, 2.05) is 28.8 Å². The van der Waals surface area contributed by atoms with Gasteiger partial charge in [-0.1, -0.05) is 17.8 Å². The lowest BCUT2D eigenvalue weighted by Crippen LogP contribution is -1.94. The van der Waals surface area contributed by atoms with Crippen molar-refractivity contribution in [1.82, 2.24) is 14.6 Å². The molecule has 2 N–H and O–H groups in total. The predicted octanol–water partition coefficient (Wildman–Crippen LogP) is 2.74. The van der Waals surface area contributed by atoms with Crippen molar-refractivity contribution < 1.29 is 4.39 Å². The Kier molecular flexibility index (Phi) is 3.08. The molecule has 2 aromatic heterocycles. The maximum Gasteiger partial charge on any atom is 0.195 e. The number of nitrogens with two attached hydrogens (primary N) is 1. The molecule has 0 saturated heterocycles. The van der Waals surface area contributed by atoms with Gasteiger partial charge in [0.1, 0.15) is 5.82 Å². The Morgan fingerprint density at radius 1 is 1.21 bits per heavy atom. The fourth-order valence-corrected chi connectivity index (χ4v) is 2.69. The molecule has 0 atom stereocenters. The van der Waals surface area contributed by atoms with E-state index in [4.69, 9.17) is 5.73 Å². The van der Waals surface area contributed by atoms with Crippen molar-refractivity contribution in [2.75, 3.05) is 5.73 Å². The monoisotopic (exact) mass is 274 g/mol. The van der Waals surface area contributed by atoms with Crippen molar-refractivity contribution in [3.8, 4) is 0 Å². The highest BCUT2D eigenvalue weighted by molar-refractivity contribution is 7.98. The number of aromatic nitrogens is 3. The zero-order valence-electron chi connectivity index (χ0n) is 9.95. The van der Waals surface area contributed by atoms with Crippen molar-refractivity contribution in [3.05, 3.63) is 54.0 Å². The number of benzene rings is 1. The summed E-state index contributed by atoms with van der Waals surface area (Å²) in [5.41, 5.74) is 7.96. The van der Waals surface area contributed by atoms with Gasteiger partial charge in [0.2, 0.25) is 0 Å². The summed E-state index contributed by atoms with van der Waals surface area (Å²) in [5, 5.41) is 8.92. The molecule has 0 aliphatic rings. The van der Waals surface area contributed by atoms with E-state index in [9.17, 15) is 4.39 Å². The number of thioether (sulfide) groups is 1. The Morgan fingerprint density at radius 2 is 2.11 bits per heavy atom. The average Bonchev–Trinajstić information content (AvgIpc) is 2.83. The zero-order valence-corrected chi connectivity index (χ0v) is 10.8. The smallest absolute Gasteiger partial charge is 0.195 e. The van der Waals surface area contributed by atoms with Crippen LogP contribution in [0.15, 0.2) is 47.8 Å². The van der Waals surface area contributed by atoms with Crippen molar-refractivity contribution in [2.24, 2.45) is 0 Å². The minimum atomic E-state index is -0.282. The van der Waals surface area contributed by atoms with Crippen LogP contribution in [0.25, 0.3) is 5.65 Å². The number of fused-ring (bicyclic) bond motifs is 1. The van der Waals surface area contributed by atoms with Gasteiger partial charge >= 0.3 is 0 Å². The second-order valence-electron chi connectivity index (χ2n) is 4.04. The average molecular weight is 274 g/mol. The van der Waals surface area contributed by atoms with Gasteiger partial charge in [0, 0.05) is 17.6 Å². The molecule has 0 amide bonds. The Balaban J connectivity index is 1.84. The van der Waals surface area contributed by atoms with Crippen molar-refractivity contribution in [2.45, 2.75) is 10.9 Å². The highest BCUT2D eigenvalue weighted by atomic mass is 32.2. The Labute approximate surface area is 113 Å². The minimum absolute atomic E-state index is 0.282. The molecule has 96 valence electrons. The number of hydrogen-bond donors (Lipinski definition) is 1. The summed E-state index contributed by atoms with van der Waals surface area (Å²) in [6, 6.07) is 10.1. The molecule has 0 aliphatic carbocycles. The topological polar surface area (TPSA) is 56.2 Å². The van der Waals surface area contributed by atoms with Crippen LogP contribution in [0.1, 0.15) is 5.56 Å². The highest BCUT2D eigenvalue weighted by Crippen LogP contribution is 2.25. The van der Waals surface area contributed by atoms with E-state index in [1.165, 1.54) is 23.9 Å². The second kappa shape index (κ2) is 4.89. The van der Waals surface area contributed by atoms with Crippen LogP contribution >= 0.6 is 11.8 Å².